The normalized spacial score (nSPS) is 17.3. The second kappa shape index (κ2) is 12.6. The first-order chi connectivity index (χ1) is 15.2. The lowest BCUT2D eigenvalue weighted by Crippen LogP contribution is -2.58. The van der Waals surface area contributed by atoms with Crippen LogP contribution in [0.3, 0.4) is 0 Å². The molecule has 1 saturated heterocycles. The number of ether oxygens (including phenoxy) is 2. The summed E-state index contributed by atoms with van der Waals surface area (Å²) in [5.41, 5.74) is 0.725. The van der Waals surface area contributed by atoms with Crippen LogP contribution in [-0.4, -0.2) is 63.1 Å². The Hall–Kier alpha value is -2.32. The lowest BCUT2D eigenvalue weighted by molar-refractivity contribution is 0.0354. The van der Waals surface area contributed by atoms with E-state index in [1.54, 1.807) is 7.05 Å². The van der Waals surface area contributed by atoms with E-state index in [1.807, 2.05) is 26.8 Å². The highest BCUT2D eigenvalue weighted by Crippen LogP contribution is 2.25. The average molecular weight is 448 g/mol. The highest BCUT2D eigenvalue weighted by molar-refractivity contribution is 5.79. The van der Waals surface area contributed by atoms with Crippen LogP contribution >= 0.6 is 0 Å². The largest absolute Gasteiger partial charge is 0.444 e. The minimum absolute atomic E-state index is 0.0661. The Morgan fingerprint density at radius 1 is 1.12 bits per heavy atom. The van der Waals surface area contributed by atoms with Gasteiger partial charge in [-0.2, -0.15) is 0 Å². The molecule has 0 aliphatic carbocycles. The van der Waals surface area contributed by atoms with Gasteiger partial charge in [-0.3, -0.25) is 4.99 Å². The fraction of sp³-hybridized carbons (Fsp3) is 0.667. The van der Waals surface area contributed by atoms with Gasteiger partial charge in [0, 0.05) is 51.5 Å². The van der Waals surface area contributed by atoms with Gasteiger partial charge in [0.05, 0.1) is 0 Å². The molecule has 180 valence electrons. The molecule has 1 aromatic rings. The number of rotatable bonds is 9. The number of alkyl carbamates (subject to hydrolysis) is 1. The van der Waals surface area contributed by atoms with Crippen LogP contribution in [0.1, 0.15) is 58.6 Å². The summed E-state index contributed by atoms with van der Waals surface area (Å²) >= 11 is 0. The Labute approximate surface area is 192 Å². The third kappa shape index (κ3) is 9.44. The number of hydrogen-bond donors (Lipinski definition) is 4. The van der Waals surface area contributed by atoms with Crippen molar-refractivity contribution in [1.82, 2.24) is 21.3 Å². The van der Waals surface area contributed by atoms with Gasteiger partial charge in [-0.05, 0) is 52.5 Å². The first-order valence-electron chi connectivity index (χ1n) is 11.5. The summed E-state index contributed by atoms with van der Waals surface area (Å²) < 4.78 is 10.9. The molecule has 32 heavy (non-hydrogen) atoms. The summed E-state index contributed by atoms with van der Waals surface area (Å²) in [6, 6.07) is 10.7. The van der Waals surface area contributed by atoms with Crippen LogP contribution < -0.4 is 21.3 Å². The molecule has 0 saturated carbocycles. The number of nitrogens with zero attached hydrogens (tertiary/aromatic N) is 1. The summed E-state index contributed by atoms with van der Waals surface area (Å²) in [6.45, 7) is 11.2. The number of amides is 1. The van der Waals surface area contributed by atoms with Crippen molar-refractivity contribution in [2.75, 3.05) is 39.9 Å². The molecule has 0 radical (unpaired) electrons. The van der Waals surface area contributed by atoms with Gasteiger partial charge >= 0.3 is 6.09 Å². The molecule has 1 fully saturated rings. The zero-order chi connectivity index (χ0) is 23.5. The standard InChI is InChI=1S/C24H41N5O3/c1-19(20-10-7-6-8-11-20)29-24(12-16-31-17-13-24)18-28-21(25-5)26-14-9-15-27-22(30)32-23(2,3)4/h6-8,10-11,19,29H,9,12-18H2,1-5H3,(H,27,30)(H2,25,26,28). The number of guanidine groups is 1. The molecular weight excluding hydrogens is 406 g/mol. The first kappa shape index (κ1) is 25.9. The number of hydrogen-bond acceptors (Lipinski definition) is 5. The van der Waals surface area contributed by atoms with Crippen LogP contribution in [0.15, 0.2) is 35.3 Å². The van der Waals surface area contributed by atoms with E-state index in [4.69, 9.17) is 9.47 Å². The molecule has 4 N–H and O–H groups in total. The fourth-order valence-electron chi connectivity index (χ4n) is 3.69. The van der Waals surface area contributed by atoms with Crippen LogP contribution in [0.25, 0.3) is 0 Å². The van der Waals surface area contributed by atoms with Crippen molar-refractivity contribution in [2.45, 2.75) is 64.1 Å². The quantitative estimate of drug-likeness (QED) is 0.264. The molecule has 1 aliphatic rings. The Morgan fingerprint density at radius 2 is 1.78 bits per heavy atom. The van der Waals surface area contributed by atoms with Gasteiger partial charge in [-0.15, -0.1) is 0 Å². The first-order valence-corrected chi connectivity index (χ1v) is 11.5. The highest BCUT2D eigenvalue weighted by Gasteiger charge is 2.34. The number of nitrogens with one attached hydrogen (secondary N) is 4. The molecule has 0 spiro atoms. The van der Waals surface area contributed by atoms with E-state index in [1.165, 1.54) is 5.56 Å². The number of carbonyl (C=O) groups is 1. The van der Waals surface area contributed by atoms with Gasteiger partial charge in [0.2, 0.25) is 0 Å². The summed E-state index contributed by atoms with van der Waals surface area (Å²) in [5, 5.41) is 13.4. The second-order valence-electron chi connectivity index (χ2n) is 9.30. The zero-order valence-corrected chi connectivity index (χ0v) is 20.3. The molecular formula is C24H41N5O3. The second-order valence-corrected chi connectivity index (χ2v) is 9.30. The smallest absolute Gasteiger partial charge is 0.407 e. The van der Waals surface area contributed by atoms with Gasteiger partial charge in [0.1, 0.15) is 5.60 Å². The molecule has 0 aromatic heterocycles. The number of aliphatic imine (C=N–C) groups is 1. The van der Waals surface area contributed by atoms with E-state index in [9.17, 15) is 4.79 Å². The number of carbonyl (C=O) groups excluding carboxylic acids is 1. The van der Waals surface area contributed by atoms with Crippen LogP contribution in [0.2, 0.25) is 0 Å². The minimum atomic E-state index is -0.486. The minimum Gasteiger partial charge on any atom is -0.444 e. The van der Waals surface area contributed by atoms with Crippen molar-refractivity contribution in [2.24, 2.45) is 4.99 Å². The lowest BCUT2D eigenvalue weighted by atomic mass is 9.88. The molecule has 0 bridgehead atoms. The van der Waals surface area contributed by atoms with E-state index in [2.05, 4.69) is 57.4 Å². The number of benzene rings is 1. The molecule has 1 amide bonds. The van der Waals surface area contributed by atoms with Crippen LogP contribution in [0, 0.1) is 0 Å². The third-order valence-electron chi connectivity index (χ3n) is 5.40. The van der Waals surface area contributed by atoms with Crippen LogP contribution in [0.4, 0.5) is 4.79 Å². The Morgan fingerprint density at radius 3 is 2.41 bits per heavy atom. The lowest BCUT2D eigenvalue weighted by Gasteiger charge is -2.41. The van der Waals surface area contributed by atoms with Crippen molar-refractivity contribution >= 4 is 12.1 Å². The monoisotopic (exact) mass is 447 g/mol. The van der Waals surface area contributed by atoms with Gasteiger partial charge in [0.25, 0.3) is 0 Å². The highest BCUT2D eigenvalue weighted by atomic mass is 16.6. The fourth-order valence-corrected chi connectivity index (χ4v) is 3.69. The molecule has 8 heteroatoms. The van der Waals surface area contributed by atoms with E-state index in [-0.39, 0.29) is 17.7 Å². The van der Waals surface area contributed by atoms with Crippen molar-refractivity contribution < 1.29 is 14.3 Å². The molecule has 8 nitrogen and oxygen atoms in total. The third-order valence-corrected chi connectivity index (χ3v) is 5.40. The molecule has 2 rings (SSSR count). The van der Waals surface area contributed by atoms with Gasteiger partial charge in [-0.25, -0.2) is 4.79 Å². The predicted molar refractivity (Wildman–Crippen MR) is 129 cm³/mol. The summed E-state index contributed by atoms with van der Waals surface area (Å²) in [7, 11) is 1.77. The van der Waals surface area contributed by atoms with E-state index in [0.717, 1.165) is 45.0 Å². The topological polar surface area (TPSA) is 96.0 Å². The van der Waals surface area contributed by atoms with Crippen LogP contribution in [-0.2, 0) is 9.47 Å². The molecule has 1 unspecified atom stereocenters. The predicted octanol–water partition coefficient (Wildman–Crippen LogP) is 2.97. The van der Waals surface area contributed by atoms with Crippen molar-refractivity contribution in [1.29, 1.82) is 0 Å². The molecule has 1 atom stereocenters. The SMILES string of the molecule is CN=C(NCCCNC(=O)OC(C)(C)C)NCC1(NC(C)c2ccccc2)CCOCC1. The molecule has 1 aliphatic heterocycles. The maximum Gasteiger partial charge on any atom is 0.407 e. The Balaban J connectivity index is 1.78. The van der Waals surface area contributed by atoms with Gasteiger partial charge < -0.3 is 30.7 Å². The van der Waals surface area contributed by atoms with E-state index < -0.39 is 5.60 Å². The summed E-state index contributed by atoms with van der Waals surface area (Å²) in [4.78, 5) is 16.1. The average Bonchev–Trinajstić information content (AvgIpc) is 2.75. The summed E-state index contributed by atoms with van der Waals surface area (Å²) in [6.07, 6.45) is 2.25. The zero-order valence-electron chi connectivity index (χ0n) is 20.3. The van der Waals surface area contributed by atoms with E-state index >= 15 is 0 Å². The molecule has 1 heterocycles. The maximum atomic E-state index is 11.7. The van der Waals surface area contributed by atoms with Crippen molar-refractivity contribution in [3.8, 4) is 0 Å². The molecule has 1 aromatic carbocycles. The van der Waals surface area contributed by atoms with Gasteiger partial charge in [-0.1, -0.05) is 30.3 Å². The van der Waals surface area contributed by atoms with Crippen molar-refractivity contribution in [3.05, 3.63) is 35.9 Å². The van der Waals surface area contributed by atoms with Gasteiger partial charge in [0.15, 0.2) is 5.96 Å². The Kier molecular flexibility index (Phi) is 10.3. The summed E-state index contributed by atoms with van der Waals surface area (Å²) in [5.74, 6) is 0.752. The van der Waals surface area contributed by atoms with Crippen molar-refractivity contribution in [3.63, 3.8) is 0 Å². The van der Waals surface area contributed by atoms with E-state index in [0.29, 0.717) is 13.1 Å². The van der Waals surface area contributed by atoms with Crippen LogP contribution in [0.5, 0.6) is 0 Å². The Bertz CT molecular complexity index is 712. The maximum absolute atomic E-state index is 11.7.